The lowest BCUT2D eigenvalue weighted by Crippen LogP contribution is -2.40. The number of hydrogen-bond acceptors (Lipinski definition) is 4. The maximum Gasteiger partial charge on any atom is 0.323 e. The van der Waals surface area contributed by atoms with E-state index in [0.717, 1.165) is 25.1 Å². The van der Waals surface area contributed by atoms with Gasteiger partial charge in [-0.2, -0.15) is 0 Å². The molecule has 1 aromatic rings. The summed E-state index contributed by atoms with van der Waals surface area (Å²) in [6, 6.07) is 8.67. The minimum absolute atomic E-state index is 0.0340. The summed E-state index contributed by atoms with van der Waals surface area (Å²) in [6.45, 7) is 3.71. The van der Waals surface area contributed by atoms with E-state index < -0.39 is 0 Å². The zero-order valence-corrected chi connectivity index (χ0v) is 12.0. The summed E-state index contributed by atoms with van der Waals surface area (Å²) < 4.78 is 10.3. The molecule has 4 nitrogen and oxygen atoms in total. The Bertz CT molecular complexity index is 485. The first-order chi connectivity index (χ1) is 9.69. The highest BCUT2D eigenvalue weighted by Crippen LogP contribution is 2.35. The van der Waals surface area contributed by atoms with Crippen LogP contribution in [0.3, 0.4) is 0 Å². The van der Waals surface area contributed by atoms with Crippen LogP contribution in [-0.4, -0.2) is 43.2 Å². The van der Waals surface area contributed by atoms with Crippen molar-refractivity contribution in [1.29, 1.82) is 0 Å². The highest BCUT2D eigenvalue weighted by atomic mass is 16.5. The van der Waals surface area contributed by atoms with Crippen molar-refractivity contribution < 1.29 is 14.3 Å². The minimum atomic E-state index is -0.0489. The molecule has 0 N–H and O–H groups in total. The number of carbonyl (C=O) groups excluding carboxylic acids is 1. The van der Waals surface area contributed by atoms with Crippen LogP contribution in [0.25, 0.3) is 0 Å². The van der Waals surface area contributed by atoms with Gasteiger partial charge in [-0.25, -0.2) is 0 Å². The van der Waals surface area contributed by atoms with E-state index in [4.69, 9.17) is 9.47 Å². The predicted octanol–water partition coefficient (Wildman–Crippen LogP) is 2.19. The lowest BCUT2D eigenvalue weighted by atomic mass is 9.97. The Hall–Kier alpha value is -1.55. The standard InChI is InChI=1S/C16H21NO3/c1-11-9-13(12-3-5-14(19-2)6-4-12)10-17(11)15-7-8-20-16(15)18/h3-6,11,13,15H,7-10H2,1-2H3/t11-,13+,15+/m0/s1. The Balaban J connectivity index is 1.72. The molecule has 0 amide bonds. The minimum Gasteiger partial charge on any atom is -0.497 e. The van der Waals surface area contributed by atoms with Gasteiger partial charge in [-0.15, -0.1) is 0 Å². The Morgan fingerprint density at radius 2 is 2.05 bits per heavy atom. The molecule has 0 aromatic heterocycles. The highest BCUT2D eigenvalue weighted by molar-refractivity contribution is 5.77. The number of ether oxygens (including phenoxy) is 2. The van der Waals surface area contributed by atoms with E-state index in [1.54, 1.807) is 7.11 Å². The van der Waals surface area contributed by atoms with Crippen molar-refractivity contribution in [3.63, 3.8) is 0 Å². The fourth-order valence-corrected chi connectivity index (χ4v) is 3.39. The van der Waals surface area contributed by atoms with Gasteiger partial charge in [-0.3, -0.25) is 9.69 Å². The number of methoxy groups -OCH3 is 1. The highest BCUT2D eigenvalue weighted by Gasteiger charge is 2.40. The monoisotopic (exact) mass is 275 g/mol. The average Bonchev–Trinajstić information content (AvgIpc) is 3.05. The van der Waals surface area contributed by atoms with Gasteiger partial charge >= 0.3 is 5.97 Å². The van der Waals surface area contributed by atoms with Gasteiger partial charge in [-0.05, 0) is 37.0 Å². The van der Waals surface area contributed by atoms with Crippen LogP contribution in [0.4, 0.5) is 0 Å². The number of esters is 1. The van der Waals surface area contributed by atoms with Gasteiger partial charge in [0.1, 0.15) is 11.8 Å². The van der Waals surface area contributed by atoms with Crippen LogP contribution < -0.4 is 4.74 Å². The summed E-state index contributed by atoms with van der Waals surface area (Å²) in [4.78, 5) is 14.1. The van der Waals surface area contributed by atoms with E-state index in [2.05, 4.69) is 24.0 Å². The van der Waals surface area contributed by atoms with Gasteiger partial charge in [0.15, 0.2) is 0 Å². The fourth-order valence-electron chi connectivity index (χ4n) is 3.39. The molecule has 3 atom stereocenters. The van der Waals surface area contributed by atoms with Gasteiger partial charge in [-0.1, -0.05) is 12.1 Å². The second kappa shape index (κ2) is 5.44. The summed E-state index contributed by atoms with van der Waals surface area (Å²) in [5, 5.41) is 0. The number of rotatable bonds is 3. The number of benzene rings is 1. The number of likely N-dealkylation sites (tertiary alicyclic amines) is 1. The number of nitrogens with zero attached hydrogens (tertiary/aromatic N) is 1. The summed E-state index contributed by atoms with van der Waals surface area (Å²) in [7, 11) is 1.68. The number of carbonyl (C=O) groups is 1. The third-order valence-electron chi connectivity index (χ3n) is 4.52. The van der Waals surface area contributed by atoms with Crippen LogP contribution in [0.1, 0.15) is 31.2 Å². The molecule has 4 heteroatoms. The maximum atomic E-state index is 11.8. The fraction of sp³-hybridized carbons (Fsp3) is 0.562. The molecular formula is C16H21NO3. The van der Waals surface area contributed by atoms with Crippen molar-refractivity contribution in [3.8, 4) is 5.75 Å². The molecule has 2 heterocycles. The Labute approximate surface area is 119 Å². The second-order valence-corrected chi connectivity index (χ2v) is 5.72. The molecule has 3 rings (SSSR count). The molecule has 108 valence electrons. The normalized spacial score (nSPS) is 30.5. The molecule has 2 aliphatic rings. The van der Waals surface area contributed by atoms with Crippen molar-refractivity contribution >= 4 is 5.97 Å². The first kappa shape index (κ1) is 13.4. The number of cyclic esters (lactones) is 1. The van der Waals surface area contributed by atoms with Crippen LogP contribution in [0.15, 0.2) is 24.3 Å². The SMILES string of the molecule is COc1ccc([C@@H]2C[C@H](C)N([C@@H]3CCOC3=O)C2)cc1. The molecule has 0 spiro atoms. The van der Waals surface area contributed by atoms with E-state index in [0.29, 0.717) is 18.6 Å². The zero-order chi connectivity index (χ0) is 14.1. The van der Waals surface area contributed by atoms with E-state index in [9.17, 15) is 4.79 Å². The third kappa shape index (κ3) is 2.40. The first-order valence-corrected chi connectivity index (χ1v) is 7.25. The van der Waals surface area contributed by atoms with Gasteiger partial charge in [0.25, 0.3) is 0 Å². The topological polar surface area (TPSA) is 38.8 Å². The Morgan fingerprint density at radius 3 is 2.65 bits per heavy atom. The Kier molecular flexibility index (Phi) is 3.66. The molecular weight excluding hydrogens is 254 g/mol. The van der Waals surface area contributed by atoms with Crippen molar-refractivity contribution in [1.82, 2.24) is 4.90 Å². The van der Waals surface area contributed by atoms with E-state index in [1.165, 1.54) is 5.56 Å². The van der Waals surface area contributed by atoms with E-state index in [-0.39, 0.29) is 12.0 Å². The zero-order valence-electron chi connectivity index (χ0n) is 12.0. The van der Waals surface area contributed by atoms with Crippen molar-refractivity contribution in [2.24, 2.45) is 0 Å². The van der Waals surface area contributed by atoms with Crippen LogP contribution in [0.2, 0.25) is 0 Å². The van der Waals surface area contributed by atoms with Gasteiger partial charge in [0, 0.05) is 19.0 Å². The molecule has 0 bridgehead atoms. The molecule has 0 unspecified atom stereocenters. The van der Waals surface area contributed by atoms with Crippen molar-refractivity contribution in [2.75, 3.05) is 20.3 Å². The smallest absolute Gasteiger partial charge is 0.323 e. The molecule has 0 aliphatic carbocycles. The summed E-state index contributed by atoms with van der Waals surface area (Å²) in [6.07, 6.45) is 1.93. The molecule has 1 aromatic carbocycles. The van der Waals surface area contributed by atoms with E-state index in [1.807, 2.05) is 12.1 Å². The van der Waals surface area contributed by atoms with Gasteiger partial charge in [0.05, 0.1) is 13.7 Å². The first-order valence-electron chi connectivity index (χ1n) is 7.25. The third-order valence-corrected chi connectivity index (χ3v) is 4.52. The molecule has 2 aliphatic heterocycles. The second-order valence-electron chi connectivity index (χ2n) is 5.72. The largest absolute Gasteiger partial charge is 0.497 e. The van der Waals surface area contributed by atoms with E-state index >= 15 is 0 Å². The van der Waals surface area contributed by atoms with Crippen molar-refractivity contribution in [3.05, 3.63) is 29.8 Å². The van der Waals surface area contributed by atoms with Crippen molar-refractivity contribution in [2.45, 2.75) is 37.8 Å². The van der Waals surface area contributed by atoms with Crippen LogP contribution >= 0.6 is 0 Å². The molecule has 20 heavy (non-hydrogen) atoms. The maximum absolute atomic E-state index is 11.8. The summed E-state index contributed by atoms with van der Waals surface area (Å²) >= 11 is 0. The lowest BCUT2D eigenvalue weighted by Gasteiger charge is -2.25. The Morgan fingerprint density at radius 1 is 1.30 bits per heavy atom. The number of hydrogen-bond donors (Lipinski definition) is 0. The molecule has 2 fully saturated rings. The average molecular weight is 275 g/mol. The molecule has 0 radical (unpaired) electrons. The van der Waals surface area contributed by atoms with Crippen LogP contribution in [-0.2, 0) is 9.53 Å². The summed E-state index contributed by atoms with van der Waals surface area (Å²) in [5.41, 5.74) is 1.33. The quantitative estimate of drug-likeness (QED) is 0.793. The molecule has 0 saturated carbocycles. The lowest BCUT2D eigenvalue weighted by molar-refractivity contribution is -0.142. The van der Waals surface area contributed by atoms with Crippen LogP contribution in [0.5, 0.6) is 5.75 Å². The molecule has 2 saturated heterocycles. The van der Waals surface area contributed by atoms with Gasteiger partial charge < -0.3 is 9.47 Å². The van der Waals surface area contributed by atoms with Gasteiger partial charge in [0.2, 0.25) is 0 Å². The predicted molar refractivity (Wildman–Crippen MR) is 75.9 cm³/mol. The van der Waals surface area contributed by atoms with Crippen LogP contribution in [0, 0.1) is 0 Å². The summed E-state index contributed by atoms with van der Waals surface area (Å²) in [5.74, 6) is 1.33.